The maximum Gasteiger partial charge on any atom is 0.306 e. The highest BCUT2D eigenvalue weighted by atomic mass is 32.2. The van der Waals surface area contributed by atoms with Crippen LogP contribution in [0.15, 0.2) is 16.8 Å². The van der Waals surface area contributed by atoms with Crippen LogP contribution in [0.5, 0.6) is 0 Å². The molecule has 1 saturated heterocycles. The fourth-order valence-corrected chi connectivity index (χ4v) is 4.46. The van der Waals surface area contributed by atoms with Crippen LogP contribution in [0.25, 0.3) is 0 Å². The molecule has 1 aliphatic heterocycles. The molecule has 124 valence electrons. The summed E-state index contributed by atoms with van der Waals surface area (Å²) in [6.07, 6.45) is 0.605. The predicted octanol–water partition coefficient (Wildman–Crippen LogP) is 0.587. The van der Waals surface area contributed by atoms with Crippen molar-refractivity contribution < 1.29 is 23.4 Å². The molecule has 22 heavy (non-hydrogen) atoms. The number of hydrogen-bond donors (Lipinski definition) is 3. The lowest BCUT2D eigenvalue weighted by Crippen LogP contribution is -2.49. The average molecular weight is 348 g/mol. The van der Waals surface area contributed by atoms with Crippen LogP contribution < -0.4 is 4.72 Å². The Labute approximate surface area is 133 Å². The van der Waals surface area contributed by atoms with E-state index in [0.717, 1.165) is 0 Å². The number of nitrogens with zero attached hydrogens (tertiary/aromatic N) is 1. The van der Waals surface area contributed by atoms with Gasteiger partial charge in [0.15, 0.2) is 0 Å². The van der Waals surface area contributed by atoms with Gasteiger partial charge in [0.1, 0.15) is 5.60 Å². The smallest absolute Gasteiger partial charge is 0.306 e. The third-order valence-electron chi connectivity index (χ3n) is 3.88. The van der Waals surface area contributed by atoms with Crippen molar-refractivity contribution in [3.63, 3.8) is 0 Å². The Hall–Kier alpha value is -1.000. The van der Waals surface area contributed by atoms with Crippen molar-refractivity contribution in [3.05, 3.63) is 22.4 Å². The monoisotopic (exact) mass is 348 g/mol. The Kier molecular flexibility index (Phi) is 5.23. The zero-order chi connectivity index (χ0) is 16.4. The second-order valence-electron chi connectivity index (χ2n) is 5.62. The lowest BCUT2D eigenvalue weighted by atomic mass is 9.99. The molecule has 9 heteroatoms. The average Bonchev–Trinajstić information content (AvgIpc) is 3.00. The van der Waals surface area contributed by atoms with Gasteiger partial charge in [-0.1, -0.05) is 0 Å². The van der Waals surface area contributed by atoms with E-state index in [0.29, 0.717) is 18.4 Å². The van der Waals surface area contributed by atoms with Gasteiger partial charge in [0.2, 0.25) is 0 Å². The zero-order valence-corrected chi connectivity index (χ0v) is 13.9. The van der Waals surface area contributed by atoms with E-state index in [-0.39, 0.29) is 19.6 Å². The Morgan fingerprint density at radius 2 is 2.14 bits per heavy atom. The van der Waals surface area contributed by atoms with Gasteiger partial charge in [-0.05, 0) is 42.2 Å². The summed E-state index contributed by atoms with van der Waals surface area (Å²) in [4.78, 5) is 10.9. The van der Waals surface area contributed by atoms with Gasteiger partial charge in [-0.2, -0.15) is 28.8 Å². The summed E-state index contributed by atoms with van der Waals surface area (Å²) in [7, 11) is -3.72. The number of aliphatic hydroxyl groups is 1. The minimum absolute atomic E-state index is 0.134. The molecular formula is C13H20N2O5S2. The van der Waals surface area contributed by atoms with E-state index in [2.05, 4.69) is 4.72 Å². The number of thiophene rings is 1. The van der Waals surface area contributed by atoms with Crippen molar-refractivity contribution in [2.75, 3.05) is 19.6 Å². The third kappa shape index (κ3) is 4.05. The third-order valence-corrected chi connectivity index (χ3v) is 6.12. The molecule has 1 fully saturated rings. The number of carboxylic acid groups (broad SMARTS) is 1. The molecule has 1 aromatic rings. The van der Waals surface area contributed by atoms with E-state index < -0.39 is 27.7 Å². The number of nitrogens with one attached hydrogen (secondary N) is 1. The summed E-state index contributed by atoms with van der Waals surface area (Å²) < 4.78 is 28.1. The first-order chi connectivity index (χ1) is 10.2. The van der Waals surface area contributed by atoms with Crippen molar-refractivity contribution in [1.82, 2.24) is 9.03 Å². The van der Waals surface area contributed by atoms with Crippen molar-refractivity contribution in [2.45, 2.75) is 25.4 Å². The number of carboxylic acids is 1. The Balaban J connectivity index is 1.93. The van der Waals surface area contributed by atoms with Gasteiger partial charge >= 0.3 is 5.97 Å². The Morgan fingerprint density at radius 1 is 1.50 bits per heavy atom. The van der Waals surface area contributed by atoms with Crippen LogP contribution in [0, 0.1) is 5.92 Å². The zero-order valence-electron chi connectivity index (χ0n) is 12.2. The maximum absolute atomic E-state index is 12.2. The van der Waals surface area contributed by atoms with Crippen molar-refractivity contribution in [2.24, 2.45) is 5.92 Å². The van der Waals surface area contributed by atoms with E-state index in [9.17, 15) is 18.3 Å². The molecule has 0 spiro atoms. The van der Waals surface area contributed by atoms with Crippen LogP contribution in [0.4, 0.5) is 0 Å². The van der Waals surface area contributed by atoms with Crippen LogP contribution in [0.1, 0.15) is 25.3 Å². The number of rotatable bonds is 6. The van der Waals surface area contributed by atoms with Crippen LogP contribution >= 0.6 is 11.3 Å². The van der Waals surface area contributed by atoms with Crippen molar-refractivity contribution >= 4 is 27.5 Å². The lowest BCUT2D eigenvalue weighted by molar-refractivity contribution is -0.142. The molecule has 1 aliphatic rings. The van der Waals surface area contributed by atoms with Gasteiger partial charge in [-0.15, -0.1) is 0 Å². The molecule has 2 rings (SSSR count). The topological polar surface area (TPSA) is 107 Å². The van der Waals surface area contributed by atoms with E-state index in [4.69, 9.17) is 5.11 Å². The van der Waals surface area contributed by atoms with Crippen LogP contribution in [0.3, 0.4) is 0 Å². The number of piperidine rings is 1. The summed E-state index contributed by atoms with van der Waals surface area (Å²) in [5, 5.41) is 22.8. The first-order valence-corrected chi connectivity index (χ1v) is 9.33. The molecule has 0 saturated carbocycles. The molecule has 7 nitrogen and oxygen atoms in total. The standard InChI is InChI=1S/C13H20N2O5S2/c1-13(18,11-4-7-21-8-11)9-14-22(19,20)15-5-2-10(3-6-15)12(16)17/h4,7-8,10,14,18H,2-3,5-6,9H2,1H3,(H,16,17). The quantitative estimate of drug-likeness (QED) is 0.697. The van der Waals surface area contributed by atoms with Crippen LogP contribution in [-0.2, 0) is 20.6 Å². The van der Waals surface area contributed by atoms with Gasteiger partial charge in [0.25, 0.3) is 10.2 Å². The molecule has 0 aliphatic carbocycles. The van der Waals surface area contributed by atoms with Crippen molar-refractivity contribution in [1.29, 1.82) is 0 Å². The van der Waals surface area contributed by atoms with Crippen LogP contribution in [0.2, 0.25) is 0 Å². The fraction of sp³-hybridized carbons (Fsp3) is 0.615. The minimum Gasteiger partial charge on any atom is -0.481 e. The molecule has 0 amide bonds. The van der Waals surface area contributed by atoms with Gasteiger partial charge < -0.3 is 10.2 Å². The summed E-state index contributed by atoms with van der Waals surface area (Å²) >= 11 is 1.43. The van der Waals surface area contributed by atoms with E-state index >= 15 is 0 Å². The molecule has 3 N–H and O–H groups in total. The van der Waals surface area contributed by atoms with E-state index in [1.165, 1.54) is 15.6 Å². The summed E-state index contributed by atoms with van der Waals surface area (Å²) in [6.45, 7) is 1.76. The first-order valence-electron chi connectivity index (χ1n) is 6.95. The van der Waals surface area contributed by atoms with E-state index in [1.54, 1.807) is 18.4 Å². The van der Waals surface area contributed by atoms with Crippen LogP contribution in [-0.4, -0.2) is 48.5 Å². The van der Waals surface area contributed by atoms with E-state index in [1.807, 2.05) is 5.38 Å². The highest BCUT2D eigenvalue weighted by Gasteiger charge is 2.33. The summed E-state index contributed by atoms with van der Waals surface area (Å²) in [5.41, 5.74) is -0.628. The SMILES string of the molecule is CC(O)(CNS(=O)(=O)N1CCC(C(=O)O)CC1)c1ccsc1. The number of hydrogen-bond acceptors (Lipinski definition) is 5. The predicted molar refractivity (Wildman–Crippen MR) is 82.7 cm³/mol. The molecule has 0 aromatic carbocycles. The van der Waals surface area contributed by atoms with Gasteiger partial charge in [0.05, 0.1) is 5.92 Å². The van der Waals surface area contributed by atoms with Gasteiger partial charge in [-0.25, -0.2) is 0 Å². The molecule has 1 aromatic heterocycles. The summed E-state index contributed by atoms with van der Waals surface area (Å²) in [5.74, 6) is -1.37. The fourth-order valence-electron chi connectivity index (χ4n) is 2.34. The molecule has 1 unspecified atom stereocenters. The molecule has 2 heterocycles. The van der Waals surface area contributed by atoms with Gasteiger partial charge in [0, 0.05) is 19.6 Å². The first kappa shape index (κ1) is 17.4. The molecule has 0 radical (unpaired) electrons. The van der Waals surface area contributed by atoms with Gasteiger partial charge in [-0.3, -0.25) is 4.79 Å². The second-order valence-corrected chi connectivity index (χ2v) is 8.16. The number of aliphatic carboxylic acids is 1. The Bertz CT molecular complexity index is 604. The summed E-state index contributed by atoms with van der Waals surface area (Å²) in [6, 6.07) is 1.75. The second kappa shape index (κ2) is 6.63. The Morgan fingerprint density at radius 3 is 2.64 bits per heavy atom. The largest absolute Gasteiger partial charge is 0.481 e. The highest BCUT2D eigenvalue weighted by molar-refractivity contribution is 7.87. The maximum atomic E-state index is 12.2. The molecular weight excluding hydrogens is 328 g/mol. The molecule has 1 atom stereocenters. The minimum atomic E-state index is -3.72. The lowest BCUT2D eigenvalue weighted by Gasteiger charge is -2.31. The van der Waals surface area contributed by atoms with Crippen molar-refractivity contribution in [3.8, 4) is 0 Å². The highest BCUT2D eigenvalue weighted by Crippen LogP contribution is 2.23. The normalized spacial score (nSPS) is 20.6. The molecule has 0 bridgehead atoms. The number of carbonyl (C=O) groups is 1.